The molecule has 4 aromatic rings. The molecular weight excluding hydrogens is 544 g/mol. The summed E-state index contributed by atoms with van der Waals surface area (Å²) < 4.78 is 7.86. The normalized spacial score (nSPS) is 13.9. The lowest BCUT2D eigenvalue weighted by Gasteiger charge is -2.36. The van der Waals surface area contributed by atoms with Crippen molar-refractivity contribution in [3.63, 3.8) is 0 Å². The van der Waals surface area contributed by atoms with E-state index in [0.29, 0.717) is 10.6 Å². The van der Waals surface area contributed by atoms with Crippen LogP contribution < -0.4 is 0 Å². The highest BCUT2D eigenvalue weighted by Crippen LogP contribution is 2.46. The minimum absolute atomic E-state index is 0.605. The Morgan fingerprint density at radius 3 is 2.33 bits per heavy atom. The van der Waals surface area contributed by atoms with Crippen molar-refractivity contribution in [2.45, 2.75) is 45.8 Å². The van der Waals surface area contributed by atoms with Crippen molar-refractivity contribution in [3.05, 3.63) is 56.5 Å². The highest BCUT2D eigenvalue weighted by atomic mass is 79.9. The van der Waals surface area contributed by atoms with Crippen LogP contribution in [0.15, 0.2) is 40.3 Å². The second-order valence-corrected chi connectivity index (χ2v) is 12.0. The van der Waals surface area contributed by atoms with E-state index in [4.69, 9.17) is 21.3 Å². The zero-order valence-corrected chi connectivity index (χ0v) is 22.7. The maximum Gasteiger partial charge on any atom is 0.340 e. The predicted molar refractivity (Wildman–Crippen MR) is 139 cm³/mol. The second-order valence-electron chi connectivity index (χ2n) is 8.85. The van der Waals surface area contributed by atoms with Gasteiger partial charge in [-0.1, -0.05) is 23.7 Å². The zero-order valence-electron chi connectivity index (χ0n) is 18.7. The zero-order chi connectivity index (χ0) is 24.1. The first-order chi connectivity index (χ1) is 15.4. The molecule has 0 amide bonds. The fraction of sp³-hybridized carbons (Fsp3) is 0.292. The van der Waals surface area contributed by atoms with Gasteiger partial charge in [0.15, 0.2) is 15.6 Å². The largest absolute Gasteiger partial charge is 0.479 e. The van der Waals surface area contributed by atoms with E-state index in [-0.39, 0.29) is 0 Å². The Balaban J connectivity index is 2.09. The molecule has 0 aliphatic heterocycles. The van der Waals surface area contributed by atoms with Crippen LogP contribution in [0.3, 0.4) is 0 Å². The molecule has 9 heteroatoms. The van der Waals surface area contributed by atoms with E-state index in [1.54, 1.807) is 19.1 Å². The Hall–Kier alpha value is -1.84. The van der Waals surface area contributed by atoms with Crippen molar-refractivity contribution in [1.29, 1.82) is 0 Å². The quantitative estimate of drug-likeness (QED) is 0.266. The number of halogens is 2. The molecule has 1 N–H and O–H groups in total. The Bertz CT molecular complexity index is 1360. The molecule has 172 valence electrons. The van der Waals surface area contributed by atoms with Gasteiger partial charge in [-0.2, -0.15) is 0 Å². The molecule has 2 aromatic carbocycles. The first kappa shape index (κ1) is 24.3. The van der Waals surface area contributed by atoms with Gasteiger partial charge >= 0.3 is 5.97 Å². The summed E-state index contributed by atoms with van der Waals surface area (Å²) in [4.78, 5) is 22.0. The molecule has 0 spiro atoms. The minimum atomic E-state index is -1.58. The van der Waals surface area contributed by atoms with E-state index in [0.717, 1.165) is 41.5 Å². The van der Waals surface area contributed by atoms with Crippen LogP contribution in [0, 0.1) is 6.92 Å². The number of hydrogen-bond acceptors (Lipinski definition) is 6. The topological polar surface area (TPSA) is 72.3 Å². The summed E-state index contributed by atoms with van der Waals surface area (Å²) in [6, 6.07) is 9.34. The summed E-state index contributed by atoms with van der Waals surface area (Å²) in [5.41, 5.74) is 1.56. The van der Waals surface area contributed by atoms with Crippen LogP contribution in [0.5, 0.6) is 0 Å². The fourth-order valence-electron chi connectivity index (χ4n) is 3.96. The summed E-state index contributed by atoms with van der Waals surface area (Å²) in [6.45, 7) is 9.09. The fourth-order valence-corrected chi connectivity index (χ4v) is 6.49. The van der Waals surface area contributed by atoms with Gasteiger partial charge in [-0.15, -0.1) is 22.7 Å². The first-order valence-electron chi connectivity index (χ1n) is 10.1. The van der Waals surface area contributed by atoms with E-state index in [1.807, 2.05) is 51.3 Å². The van der Waals surface area contributed by atoms with Crippen molar-refractivity contribution in [1.82, 2.24) is 9.97 Å². The number of hydrogen-bond donors (Lipinski definition) is 1. The molecule has 0 fully saturated rings. The number of carboxylic acid groups (broad SMARTS) is 1. The first-order valence-corrected chi connectivity index (χ1v) is 13.0. The highest BCUT2D eigenvalue weighted by Gasteiger charge is 2.43. The van der Waals surface area contributed by atoms with Crippen molar-refractivity contribution >= 4 is 66.4 Å². The smallest absolute Gasteiger partial charge is 0.340 e. The van der Waals surface area contributed by atoms with Gasteiger partial charge in [-0.3, -0.25) is 0 Å². The number of nitrogens with zero attached hydrogens (tertiary/aromatic N) is 2. The Labute approximate surface area is 213 Å². The van der Waals surface area contributed by atoms with Gasteiger partial charge in [0.2, 0.25) is 0 Å². The standard InChI is InChI=1S/C24H22BrClN2O3S2/c1-12-10-15-19(33-21(27-15)20-28-16(25)11-32-20)17(13-6-8-14(26)9-7-13)18(12)24(5,22(29)30)31-23(2,3)4/h6-11H,1-5H3,(H,29,30). The van der Waals surface area contributed by atoms with E-state index in [1.165, 1.54) is 22.7 Å². The lowest BCUT2D eigenvalue weighted by molar-refractivity contribution is -0.183. The number of aliphatic carboxylic acids is 1. The lowest BCUT2D eigenvalue weighted by Crippen LogP contribution is -2.42. The van der Waals surface area contributed by atoms with E-state index < -0.39 is 17.2 Å². The maximum absolute atomic E-state index is 12.7. The van der Waals surface area contributed by atoms with E-state index >= 15 is 0 Å². The van der Waals surface area contributed by atoms with E-state index in [2.05, 4.69) is 20.9 Å². The second kappa shape index (κ2) is 8.74. The molecule has 1 unspecified atom stereocenters. The van der Waals surface area contributed by atoms with Crippen molar-refractivity contribution in [2.24, 2.45) is 0 Å². The number of carboxylic acids is 1. The maximum atomic E-state index is 12.7. The van der Waals surface area contributed by atoms with Crippen LogP contribution in [0.2, 0.25) is 5.02 Å². The highest BCUT2D eigenvalue weighted by molar-refractivity contribution is 9.10. The molecule has 5 nitrogen and oxygen atoms in total. The average Bonchev–Trinajstić information content (AvgIpc) is 3.32. The van der Waals surface area contributed by atoms with E-state index in [9.17, 15) is 9.90 Å². The number of rotatable bonds is 5. The number of aromatic nitrogens is 2. The third-order valence-corrected chi connectivity index (χ3v) is 8.10. The monoisotopic (exact) mass is 564 g/mol. The molecule has 2 aromatic heterocycles. The molecule has 2 heterocycles. The number of carbonyl (C=O) groups is 1. The van der Waals surface area contributed by atoms with Crippen LogP contribution in [-0.4, -0.2) is 26.6 Å². The summed E-state index contributed by atoms with van der Waals surface area (Å²) in [7, 11) is 0. The van der Waals surface area contributed by atoms with Crippen LogP contribution in [0.1, 0.15) is 38.8 Å². The lowest BCUT2D eigenvalue weighted by atomic mass is 9.84. The van der Waals surface area contributed by atoms with Gasteiger partial charge in [-0.05, 0) is 79.9 Å². The average molecular weight is 566 g/mol. The molecule has 0 saturated carbocycles. The van der Waals surface area contributed by atoms with Gasteiger partial charge in [-0.25, -0.2) is 14.8 Å². The number of thiazole rings is 2. The molecule has 0 aliphatic rings. The van der Waals surface area contributed by atoms with Crippen molar-refractivity contribution < 1.29 is 14.6 Å². The van der Waals surface area contributed by atoms with Gasteiger partial charge in [0.05, 0.1) is 15.8 Å². The molecule has 33 heavy (non-hydrogen) atoms. The summed E-state index contributed by atoms with van der Waals surface area (Å²) >= 11 is 12.6. The molecular formula is C24H22BrClN2O3S2. The van der Waals surface area contributed by atoms with Gasteiger partial charge in [0.1, 0.15) is 4.60 Å². The van der Waals surface area contributed by atoms with Gasteiger partial charge < -0.3 is 9.84 Å². The molecule has 0 aliphatic carbocycles. The van der Waals surface area contributed by atoms with Crippen molar-refractivity contribution in [2.75, 3.05) is 0 Å². The number of aryl methyl sites for hydroxylation is 1. The molecule has 4 rings (SSSR count). The van der Waals surface area contributed by atoms with Gasteiger partial charge in [0, 0.05) is 21.5 Å². The van der Waals surface area contributed by atoms with Gasteiger partial charge in [0.25, 0.3) is 0 Å². The van der Waals surface area contributed by atoms with Crippen LogP contribution in [-0.2, 0) is 15.1 Å². The predicted octanol–water partition coefficient (Wildman–Crippen LogP) is 7.93. The Morgan fingerprint density at radius 2 is 1.79 bits per heavy atom. The SMILES string of the molecule is Cc1cc2nc(-c3nc(Br)cs3)sc2c(-c2ccc(Cl)cc2)c1C(C)(OC(C)(C)C)C(=O)O. The molecule has 0 radical (unpaired) electrons. The molecule has 1 atom stereocenters. The number of benzene rings is 2. The van der Waals surface area contributed by atoms with Crippen LogP contribution >= 0.6 is 50.2 Å². The number of fused-ring (bicyclic) bond motifs is 1. The Kier molecular flexibility index (Phi) is 6.44. The minimum Gasteiger partial charge on any atom is -0.479 e. The van der Waals surface area contributed by atoms with Crippen LogP contribution in [0.4, 0.5) is 0 Å². The summed E-state index contributed by atoms with van der Waals surface area (Å²) in [5, 5.41) is 14.5. The molecule has 0 saturated heterocycles. The number of ether oxygens (including phenoxy) is 1. The van der Waals surface area contributed by atoms with Crippen LogP contribution in [0.25, 0.3) is 31.4 Å². The third-order valence-electron chi connectivity index (χ3n) is 5.07. The third kappa shape index (κ3) is 4.72. The summed E-state index contributed by atoms with van der Waals surface area (Å²) in [5.74, 6) is -1.05. The van der Waals surface area contributed by atoms with Crippen molar-refractivity contribution in [3.8, 4) is 21.1 Å². The Morgan fingerprint density at radius 1 is 1.12 bits per heavy atom. The summed E-state index contributed by atoms with van der Waals surface area (Å²) in [6.07, 6.45) is 0. The molecule has 0 bridgehead atoms.